The Kier molecular flexibility index (Phi) is 10.1. The highest BCUT2D eigenvalue weighted by atomic mass is 32.1. The van der Waals surface area contributed by atoms with Gasteiger partial charge in [0.05, 0.1) is 11.4 Å². The molecule has 0 amide bonds. The Morgan fingerprint density at radius 1 is 0.238 bits per heavy atom. The Morgan fingerprint density at radius 2 is 0.587 bits per heavy atom. The summed E-state index contributed by atoms with van der Waals surface area (Å²) in [6.45, 7) is 0. The van der Waals surface area contributed by atoms with E-state index in [2.05, 4.69) is 265 Å². The van der Waals surface area contributed by atoms with E-state index in [1.165, 1.54) is 64.7 Å². The molecule has 0 saturated heterocycles. The standard InChI is InChI=1S/C60H42N2S/c1-5-19-43(20-6-1)45-23-17-29-51(39-45)61(49-25-9-3-10-26-49)57-33-15-13-31-53(57)47-35-37-59-55(41-47)56-42-48(36-38-60(56)63-59)54-32-14-16-34-58(54)62(50-27-11-4-12-28-50)52-30-18-24-46(40-52)44-21-7-2-8-22-44/h1-42H. The van der Waals surface area contributed by atoms with Gasteiger partial charge in [0.2, 0.25) is 0 Å². The van der Waals surface area contributed by atoms with Crippen LogP contribution in [-0.2, 0) is 0 Å². The number of fused-ring (bicyclic) bond motifs is 3. The van der Waals surface area contributed by atoms with E-state index >= 15 is 0 Å². The topological polar surface area (TPSA) is 6.48 Å². The fourth-order valence-corrected chi connectivity index (χ4v) is 9.92. The second-order valence-corrected chi connectivity index (χ2v) is 16.8. The van der Waals surface area contributed by atoms with Gasteiger partial charge in [0, 0.05) is 54.0 Å². The van der Waals surface area contributed by atoms with Crippen LogP contribution in [0.15, 0.2) is 255 Å². The maximum absolute atomic E-state index is 2.40. The average molecular weight is 823 g/mol. The molecule has 0 atom stereocenters. The van der Waals surface area contributed by atoms with Crippen LogP contribution in [0, 0.1) is 0 Å². The van der Waals surface area contributed by atoms with Gasteiger partial charge in [0.15, 0.2) is 0 Å². The second kappa shape index (κ2) is 16.8. The van der Waals surface area contributed by atoms with E-state index in [9.17, 15) is 0 Å². The molecular formula is C60H42N2S. The third kappa shape index (κ3) is 7.46. The number of rotatable bonds is 10. The molecule has 63 heavy (non-hydrogen) atoms. The Bertz CT molecular complexity index is 3120. The third-order valence-electron chi connectivity index (χ3n) is 11.8. The van der Waals surface area contributed by atoms with Gasteiger partial charge in [-0.05, 0) is 118 Å². The van der Waals surface area contributed by atoms with Crippen molar-refractivity contribution in [3.05, 3.63) is 255 Å². The maximum Gasteiger partial charge on any atom is 0.0540 e. The summed E-state index contributed by atoms with van der Waals surface area (Å²) in [6.07, 6.45) is 0. The van der Waals surface area contributed by atoms with E-state index in [-0.39, 0.29) is 0 Å². The Hall–Kier alpha value is -7.98. The fourth-order valence-electron chi connectivity index (χ4n) is 8.86. The van der Waals surface area contributed by atoms with Crippen LogP contribution < -0.4 is 9.80 Å². The quantitative estimate of drug-likeness (QED) is 0.136. The van der Waals surface area contributed by atoms with Gasteiger partial charge >= 0.3 is 0 Å². The molecule has 11 rings (SSSR count). The van der Waals surface area contributed by atoms with Crippen molar-refractivity contribution in [2.24, 2.45) is 0 Å². The minimum Gasteiger partial charge on any atom is -0.310 e. The van der Waals surface area contributed by atoms with Crippen molar-refractivity contribution in [1.29, 1.82) is 0 Å². The molecular weight excluding hydrogens is 781 g/mol. The van der Waals surface area contributed by atoms with E-state index in [0.717, 1.165) is 34.1 Å². The van der Waals surface area contributed by atoms with Crippen LogP contribution in [0.25, 0.3) is 64.7 Å². The molecule has 3 heteroatoms. The SMILES string of the molecule is c1ccc(-c2cccc(N(c3ccccc3)c3ccccc3-c3ccc4sc5ccc(-c6ccccc6N(c6ccccc6)c6cccc(-c7ccccc7)c6)cc5c4c3)c2)cc1. The molecule has 0 radical (unpaired) electrons. The molecule has 0 bridgehead atoms. The highest BCUT2D eigenvalue weighted by molar-refractivity contribution is 7.25. The Morgan fingerprint density at radius 3 is 1.02 bits per heavy atom. The minimum atomic E-state index is 1.11. The van der Waals surface area contributed by atoms with E-state index in [0.29, 0.717) is 0 Å². The van der Waals surface area contributed by atoms with Crippen LogP contribution >= 0.6 is 11.3 Å². The zero-order valence-corrected chi connectivity index (χ0v) is 35.4. The lowest BCUT2D eigenvalue weighted by Gasteiger charge is -2.28. The zero-order valence-electron chi connectivity index (χ0n) is 34.6. The lowest BCUT2D eigenvalue weighted by atomic mass is 9.97. The average Bonchev–Trinajstić information content (AvgIpc) is 3.73. The van der Waals surface area contributed by atoms with Crippen LogP contribution in [0.2, 0.25) is 0 Å². The minimum absolute atomic E-state index is 1.11. The molecule has 0 N–H and O–H groups in total. The highest BCUT2D eigenvalue weighted by Crippen LogP contribution is 2.46. The molecule has 10 aromatic carbocycles. The number of anilines is 6. The van der Waals surface area contributed by atoms with E-state index < -0.39 is 0 Å². The van der Waals surface area contributed by atoms with Crippen molar-refractivity contribution >= 4 is 65.6 Å². The lowest BCUT2D eigenvalue weighted by Crippen LogP contribution is -2.11. The molecule has 1 aromatic heterocycles. The normalized spacial score (nSPS) is 11.2. The number of hydrogen-bond acceptors (Lipinski definition) is 3. The van der Waals surface area contributed by atoms with Crippen molar-refractivity contribution in [3.8, 4) is 44.5 Å². The predicted molar refractivity (Wildman–Crippen MR) is 270 cm³/mol. The number of benzene rings is 10. The summed E-state index contributed by atoms with van der Waals surface area (Å²) in [5.74, 6) is 0. The maximum atomic E-state index is 2.40. The fraction of sp³-hybridized carbons (Fsp3) is 0. The number of nitrogens with zero attached hydrogens (tertiary/aromatic N) is 2. The first-order valence-electron chi connectivity index (χ1n) is 21.4. The first-order chi connectivity index (χ1) is 31.2. The van der Waals surface area contributed by atoms with Gasteiger partial charge in [0.25, 0.3) is 0 Å². The summed E-state index contributed by atoms with van der Waals surface area (Å²) < 4.78 is 2.55. The summed E-state index contributed by atoms with van der Waals surface area (Å²) >= 11 is 1.86. The Labute approximate surface area is 372 Å². The molecule has 2 nitrogen and oxygen atoms in total. The van der Waals surface area contributed by atoms with Crippen LogP contribution in [0.3, 0.4) is 0 Å². The second-order valence-electron chi connectivity index (χ2n) is 15.7. The summed E-state index contributed by atoms with van der Waals surface area (Å²) in [5, 5.41) is 2.52. The summed E-state index contributed by atoms with van der Waals surface area (Å²) in [6, 6.07) is 92.0. The van der Waals surface area contributed by atoms with Crippen molar-refractivity contribution in [2.45, 2.75) is 0 Å². The zero-order chi connectivity index (χ0) is 42.0. The van der Waals surface area contributed by atoms with E-state index in [4.69, 9.17) is 0 Å². The number of hydrogen-bond donors (Lipinski definition) is 0. The molecule has 0 unspecified atom stereocenters. The third-order valence-corrected chi connectivity index (χ3v) is 13.0. The number of thiophene rings is 1. The van der Waals surface area contributed by atoms with Gasteiger partial charge in [-0.1, -0.05) is 170 Å². The predicted octanol–water partition coefficient (Wildman–Crippen LogP) is 17.7. The van der Waals surface area contributed by atoms with Crippen LogP contribution in [0.5, 0.6) is 0 Å². The van der Waals surface area contributed by atoms with Crippen molar-refractivity contribution < 1.29 is 0 Å². The molecule has 0 aliphatic rings. The first-order valence-corrected chi connectivity index (χ1v) is 22.2. The largest absolute Gasteiger partial charge is 0.310 e. The van der Waals surface area contributed by atoms with Gasteiger partial charge < -0.3 is 9.80 Å². The van der Waals surface area contributed by atoms with Crippen LogP contribution in [0.1, 0.15) is 0 Å². The molecule has 0 fully saturated rings. The summed E-state index contributed by atoms with van der Waals surface area (Å²) in [4.78, 5) is 4.78. The molecule has 298 valence electrons. The van der Waals surface area contributed by atoms with E-state index in [1.807, 2.05) is 11.3 Å². The summed E-state index contributed by atoms with van der Waals surface area (Å²) in [5.41, 5.74) is 16.1. The monoisotopic (exact) mass is 822 g/mol. The molecule has 1 heterocycles. The highest BCUT2D eigenvalue weighted by Gasteiger charge is 2.21. The molecule has 11 aromatic rings. The molecule has 0 aliphatic heterocycles. The smallest absolute Gasteiger partial charge is 0.0540 e. The van der Waals surface area contributed by atoms with Crippen LogP contribution in [-0.4, -0.2) is 0 Å². The lowest BCUT2D eigenvalue weighted by molar-refractivity contribution is 1.28. The van der Waals surface area contributed by atoms with Gasteiger partial charge in [-0.15, -0.1) is 11.3 Å². The van der Waals surface area contributed by atoms with Crippen LogP contribution in [0.4, 0.5) is 34.1 Å². The summed E-state index contributed by atoms with van der Waals surface area (Å²) in [7, 11) is 0. The van der Waals surface area contributed by atoms with E-state index in [1.54, 1.807) is 0 Å². The van der Waals surface area contributed by atoms with Crippen molar-refractivity contribution in [3.63, 3.8) is 0 Å². The van der Waals surface area contributed by atoms with Gasteiger partial charge in [-0.3, -0.25) is 0 Å². The molecule has 0 spiro atoms. The molecule has 0 aliphatic carbocycles. The van der Waals surface area contributed by atoms with Crippen molar-refractivity contribution in [1.82, 2.24) is 0 Å². The molecule has 0 saturated carbocycles. The first kappa shape index (κ1) is 38.0. The Balaban J connectivity index is 1.03. The van der Waals surface area contributed by atoms with Gasteiger partial charge in [-0.2, -0.15) is 0 Å². The van der Waals surface area contributed by atoms with Crippen molar-refractivity contribution in [2.75, 3.05) is 9.80 Å². The van der Waals surface area contributed by atoms with Gasteiger partial charge in [-0.25, -0.2) is 0 Å². The van der Waals surface area contributed by atoms with Gasteiger partial charge in [0.1, 0.15) is 0 Å². The number of para-hydroxylation sites is 4.